The molecule has 204 valence electrons. The van der Waals surface area contributed by atoms with Gasteiger partial charge in [0.1, 0.15) is 11.6 Å². The number of aromatic nitrogens is 2. The fourth-order valence-corrected chi connectivity index (χ4v) is 3.97. The van der Waals surface area contributed by atoms with Crippen molar-refractivity contribution in [3.8, 4) is 11.4 Å². The smallest absolute Gasteiger partial charge is 1.00 e. The fraction of sp³-hybridized carbons (Fsp3) is 0.321. The summed E-state index contributed by atoms with van der Waals surface area (Å²) in [6.07, 6.45) is -0.0587. The number of methoxy groups -OCH3 is 1. The summed E-state index contributed by atoms with van der Waals surface area (Å²) in [6, 6.07) is 12.9. The minimum absolute atomic E-state index is 0. The van der Waals surface area contributed by atoms with Gasteiger partial charge in [-0.15, -0.1) is 0 Å². The van der Waals surface area contributed by atoms with Crippen LogP contribution < -0.4 is 39.6 Å². The van der Waals surface area contributed by atoms with Crippen LogP contribution in [0.5, 0.6) is 5.75 Å². The molecule has 0 spiro atoms. The Morgan fingerprint density at radius 3 is 2.33 bits per heavy atom. The molecule has 0 fully saturated rings. The molecule has 0 radical (unpaired) electrons. The standard InChI is InChI=1S/C28H32FN3O6.Na.H/c1-17(2)26-24(13-10-21(33)14-22(34)15-25(35)36)32(20-8-6-19(29)7-9-20)31-27(26)28(37)30-16-18-4-11-23(38-3)12-5-18;;/h4-13,17,21-22,33-34H,14-16H2,1-3H3,(H,30,37)(H,35,36);;/q;+1;-1/t21-,22+;;/m0../s1. The molecule has 0 aliphatic heterocycles. The molecule has 0 aliphatic carbocycles. The first-order valence-electron chi connectivity index (χ1n) is 12.1. The molecule has 3 aromatic rings. The zero-order valence-electron chi connectivity index (χ0n) is 23.5. The average molecular weight is 550 g/mol. The van der Waals surface area contributed by atoms with Gasteiger partial charge in [0.15, 0.2) is 5.69 Å². The first-order valence-corrected chi connectivity index (χ1v) is 12.1. The topological polar surface area (TPSA) is 134 Å². The van der Waals surface area contributed by atoms with Crippen LogP contribution in [-0.2, 0) is 11.3 Å². The number of benzene rings is 2. The van der Waals surface area contributed by atoms with Crippen LogP contribution >= 0.6 is 0 Å². The van der Waals surface area contributed by atoms with Crippen LogP contribution in [0.3, 0.4) is 0 Å². The molecule has 0 bridgehead atoms. The summed E-state index contributed by atoms with van der Waals surface area (Å²) in [5.74, 6) is -1.45. The van der Waals surface area contributed by atoms with Gasteiger partial charge >= 0.3 is 35.5 Å². The van der Waals surface area contributed by atoms with Crippen LogP contribution in [0.4, 0.5) is 4.39 Å². The van der Waals surface area contributed by atoms with Crippen molar-refractivity contribution in [2.75, 3.05) is 7.11 Å². The van der Waals surface area contributed by atoms with E-state index in [1.54, 1.807) is 25.3 Å². The summed E-state index contributed by atoms with van der Waals surface area (Å²) in [6.45, 7) is 4.06. The van der Waals surface area contributed by atoms with Gasteiger partial charge in [0.25, 0.3) is 5.91 Å². The van der Waals surface area contributed by atoms with Crippen molar-refractivity contribution in [1.82, 2.24) is 15.1 Å². The number of aliphatic hydroxyl groups is 2. The SMILES string of the molecule is COc1ccc(CNC(=O)c2nn(-c3ccc(F)cc3)c(C=C[C@H](O)C[C@@H](O)CC(=O)O)c2C(C)C)cc1.[H-].[Na+]. The van der Waals surface area contributed by atoms with Crippen molar-refractivity contribution >= 4 is 18.0 Å². The van der Waals surface area contributed by atoms with Crippen LogP contribution in [0.1, 0.15) is 61.3 Å². The summed E-state index contributed by atoms with van der Waals surface area (Å²) in [5, 5.41) is 36.5. The Bertz CT molecular complexity index is 1280. The van der Waals surface area contributed by atoms with Crippen LogP contribution in [0, 0.1) is 5.82 Å². The maximum atomic E-state index is 13.6. The molecule has 2 atom stereocenters. The fourth-order valence-electron chi connectivity index (χ4n) is 3.97. The zero-order chi connectivity index (χ0) is 27.8. The molecule has 4 N–H and O–H groups in total. The number of nitrogens with zero attached hydrogens (tertiary/aromatic N) is 2. The van der Waals surface area contributed by atoms with Gasteiger partial charge in [-0.2, -0.15) is 5.10 Å². The number of aliphatic hydroxyl groups excluding tert-OH is 2. The van der Waals surface area contributed by atoms with Crippen LogP contribution in [0.25, 0.3) is 11.8 Å². The molecule has 0 unspecified atom stereocenters. The van der Waals surface area contributed by atoms with Crippen molar-refractivity contribution in [2.45, 2.75) is 51.4 Å². The average Bonchev–Trinajstić information content (AvgIpc) is 3.26. The third-order valence-electron chi connectivity index (χ3n) is 5.84. The van der Waals surface area contributed by atoms with Gasteiger partial charge in [-0.1, -0.05) is 32.1 Å². The van der Waals surface area contributed by atoms with Crippen LogP contribution in [-0.4, -0.2) is 56.3 Å². The van der Waals surface area contributed by atoms with E-state index >= 15 is 0 Å². The van der Waals surface area contributed by atoms with Crippen molar-refractivity contribution in [1.29, 1.82) is 0 Å². The number of nitrogens with one attached hydrogen (secondary N) is 1. The Labute approximate surface area is 250 Å². The number of carboxylic acid groups (broad SMARTS) is 1. The second kappa shape index (κ2) is 14.9. The first-order chi connectivity index (χ1) is 18.1. The zero-order valence-corrected chi connectivity index (χ0v) is 24.5. The minimum atomic E-state index is -1.22. The number of carbonyl (C=O) groups excluding carboxylic acids is 1. The third-order valence-corrected chi connectivity index (χ3v) is 5.84. The maximum Gasteiger partial charge on any atom is 1.00 e. The number of rotatable bonds is 12. The number of hydrogen-bond donors (Lipinski definition) is 4. The third kappa shape index (κ3) is 9.01. The van der Waals surface area contributed by atoms with E-state index in [1.165, 1.54) is 35.0 Å². The number of carboxylic acids is 1. The number of ether oxygens (including phenoxy) is 1. The Morgan fingerprint density at radius 2 is 1.77 bits per heavy atom. The number of aliphatic carboxylic acids is 1. The van der Waals surface area contributed by atoms with Crippen molar-refractivity contribution in [2.24, 2.45) is 0 Å². The Kier molecular flexibility index (Phi) is 12.3. The van der Waals surface area contributed by atoms with E-state index in [0.29, 0.717) is 22.7 Å². The second-order valence-electron chi connectivity index (χ2n) is 9.14. The molecule has 3 rings (SSSR count). The van der Waals surface area contributed by atoms with Gasteiger partial charge in [-0.25, -0.2) is 9.07 Å². The van der Waals surface area contributed by atoms with Crippen molar-refractivity contribution in [3.05, 3.63) is 82.9 Å². The molecule has 11 heteroatoms. The Balaban J connectivity index is 0.00000400. The number of halogens is 1. The largest absolute Gasteiger partial charge is 1.00 e. The van der Waals surface area contributed by atoms with E-state index in [1.807, 2.05) is 26.0 Å². The molecule has 2 aromatic carbocycles. The van der Waals surface area contributed by atoms with E-state index in [9.17, 15) is 24.2 Å². The van der Waals surface area contributed by atoms with Gasteiger partial charge in [0, 0.05) is 18.5 Å². The maximum absolute atomic E-state index is 13.6. The van der Waals surface area contributed by atoms with E-state index in [2.05, 4.69) is 10.4 Å². The molecule has 9 nitrogen and oxygen atoms in total. The monoisotopic (exact) mass is 549 g/mol. The predicted octanol–water partition coefficient (Wildman–Crippen LogP) is 0.790. The quantitative estimate of drug-likeness (QED) is 0.246. The second-order valence-corrected chi connectivity index (χ2v) is 9.14. The molecule has 39 heavy (non-hydrogen) atoms. The number of carbonyl (C=O) groups is 2. The minimum Gasteiger partial charge on any atom is -1.00 e. The van der Waals surface area contributed by atoms with Crippen LogP contribution in [0.15, 0.2) is 54.6 Å². The summed E-state index contributed by atoms with van der Waals surface area (Å²) < 4.78 is 20.3. The predicted molar refractivity (Wildman–Crippen MR) is 141 cm³/mol. The molecule has 1 amide bonds. The summed E-state index contributed by atoms with van der Waals surface area (Å²) >= 11 is 0. The van der Waals surface area contributed by atoms with Gasteiger partial charge in [-0.3, -0.25) is 9.59 Å². The molecular formula is C28H33FN3NaO6. The molecule has 0 saturated heterocycles. The van der Waals surface area contributed by atoms with Crippen molar-refractivity contribution in [3.63, 3.8) is 0 Å². The van der Waals surface area contributed by atoms with E-state index in [-0.39, 0.29) is 55.6 Å². The van der Waals surface area contributed by atoms with E-state index in [4.69, 9.17) is 9.84 Å². The first kappa shape index (κ1) is 32.2. The molecular weight excluding hydrogens is 516 g/mol. The van der Waals surface area contributed by atoms with E-state index in [0.717, 1.165) is 5.56 Å². The van der Waals surface area contributed by atoms with Crippen LogP contribution in [0.2, 0.25) is 0 Å². The number of amides is 1. The Hall–Kier alpha value is -3.02. The van der Waals surface area contributed by atoms with Crippen molar-refractivity contribution < 1.29 is 65.0 Å². The van der Waals surface area contributed by atoms with E-state index < -0.39 is 36.3 Å². The summed E-state index contributed by atoms with van der Waals surface area (Å²) in [7, 11) is 1.57. The molecule has 0 saturated carbocycles. The van der Waals surface area contributed by atoms with Gasteiger partial charge < -0.3 is 26.8 Å². The molecule has 1 aromatic heterocycles. The van der Waals surface area contributed by atoms with Gasteiger partial charge in [-0.05, 0) is 54.0 Å². The molecule has 1 heterocycles. The summed E-state index contributed by atoms with van der Waals surface area (Å²) in [5.41, 5.74) is 2.65. The van der Waals surface area contributed by atoms with Gasteiger partial charge in [0.2, 0.25) is 0 Å². The number of hydrogen-bond acceptors (Lipinski definition) is 6. The Morgan fingerprint density at radius 1 is 1.13 bits per heavy atom. The van der Waals surface area contributed by atoms with Gasteiger partial charge in [0.05, 0.1) is 37.1 Å². The molecule has 0 aliphatic rings. The summed E-state index contributed by atoms with van der Waals surface area (Å²) in [4.78, 5) is 24.1. The normalized spacial score (nSPS) is 12.7.